The highest BCUT2D eigenvalue weighted by molar-refractivity contribution is 8.00. The molecule has 0 unspecified atom stereocenters. The van der Waals surface area contributed by atoms with Crippen LogP contribution in [0.4, 0.5) is 0 Å². The van der Waals surface area contributed by atoms with Gasteiger partial charge in [-0.3, -0.25) is 0 Å². The van der Waals surface area contributed by atoms with E-state index in [4.69, 9.17) is 0 Å². The molecule has 0 N–H and O–H groups in total. The van der Waals surface area contributed by atoms with E-state index in [0.29, 0.717) is 10.6 Å². The van der Waals surface area contributed by atoms with Gasteiger partial charge < -0.3 is 4.57 Å². The monoisotopic (exact) mass is 415 g/mol. The van der Waals surface area contributed by atoms with E-state index in [1.165, 1.54) is 11.8 Å². The maximum Gasteiger partial charge on any atom is 0.191 e. The lowest BCUT2D eigenvalue weighted by atomic mass is 10.1. The highest BCUT2D eigenvalue weighted by Crippen LogP contribution is 2.27. The van der Waals surface area contributed by atoms with E-state index in [1.54, 1.807) is 6.07 Å². The van der Waals surface area contributed by atoms with Crippen molar-refractivity contribution >= 4 is 21.6 Å². The maximum absolute atomic E-state index is 12.8. The van der Waals surface area contributed by atoms with Crippen LogP contribution in [0.2, 0.25) is 0 Å². The van der Waals surface area contributed by atoms with E-state index >= 15 is 0 Å². The number of aromatic nitrogens is 3. The number of rotatable bonds is 7. The summed E-state index contributed by atoms with van der Waals surface area (Å²) in [5, 5.41) is 9.42. The molecule has 3 aromatic rings. The van der Waals surface area contributed by atoms with Crippen molar-refractivity contribution in [1.29, 1.82) is 0 Å². The van der Waals surface area contributed by atoms with Crippen molar-refractivity contribution in [2.45, 2.75) is 44.3 Å². The number of sulfone groups is 1. The van der Waals surface area contributed by atoms with Gasteiger partial charge in [0.05, 0.1) is 10.6 Å². The van der Waals surface area contributed by atoms with Gasteiger partial charge in [0.1, 0.15) is 0 Å². The van der Waals surface area contributed by atoms with Gasteiger partial charge in [-0.15, -0.1) is 10.2 Å². The summed E-state index contributed by atoms with van der Waals surface area (Å²) in [6, 6.07) is 13.6. The molecule has 0 atom stereocenters. The zero-order valence-corrected chi connectivity index (χ0v) is 18.3. The molecule has 1 heterocycles. The van der Waals surface area contributed by atoms with Gasteiger partial charge in [-0.1, -0.05) is 48.2 Å². The van der Waals surface area contributed by atoms with Crippen molar-refractivity contribution in [1.82, 2.24) is 14.8 Å². The summed E-state index contributed by atoms with van der Waals surface area (Å²) in [6.07, 6.45) is 0. The second-order valence-corrected chi connectivity index (χ2v) is 9.94. The van der Waals surface area contributed by atoms with Crippen LogP contribution in [0.25, 0.3) is 11.4 Å². The summed E-state index contributed by atoms with van der Waals surface area (Å²) in [5.41, 5.74) is 3.92. The smallest absolute Gasteiger partial charge is 0.191 e. The highest BCUT2D eigenvalue weighted by atomic mass is 32.2. The van der Waals surface area contributed by atoms with Crippen molar-refractivity contribution in [3.8, 4) is 11.4 Å². The summed E-state index contributed by atoms with van der Waals surface area (Å²) >= 11 is 1.43. The Bertz CT molecular complexity index is 1090. The first-order valence-electron chi connectivity index (χ1n) is 9.25. The van der Waals surface area contributed by atoms with Gasteiger partial charge in [0, 0.05) is 17.9 Å². The van der Waals surface area contributed by atoms with Crippen LogP contribution >= 0.6 is 11.8 Å². The van der Waals surface area contributed by atoms with Gasteiger partial charge >= 0.3 is 0 Å². The summed E-state index contributed by atoms with van der Waals surface area (Å²) in [4.78, 5) is 0.422. The molecule has 0 aliphatic carbocycles. The molecular weight excluding hydrogens is 390 g/mol. The van der Waals surface area contributed by atoms with Crippen LogP contribution in [-0.2, 0) is 16.4 Å². The highest BCUT2D eigenvalue weighted by Gasteiger charge is 2.19. The molecule has 5 nitrogen and oxygen atoms in total. The normalized spacial score (nSPS) is 11.7. The van der Waals surface area contributed by atoms with Gasteiger partial charge in [-0.25, -0.2) is 8.42 Å². The lowest BCUT2D eigenvalue weighted by Crippen LogP contribution is -2.11. The minimum absolute atomic E-state index is 0.0677. The molecule has 0 amide bonds. The first-order valence-corrected chi connectivity index (χ1v) is 11.9. The molecule has 3 rings (SSSR count). The lowest BCUT2D eigenvalue weighted by molar-refractivity contribution is 0.597. The van der Waals surface area contributed by atoms with Crippen molar-refractivity contribution < 1.29 is 8.42 Å². The number of benzene rings is 2. The Kier molecular flexibility index (Phi) is 6.25. The predicted octanol–water partition coefficient (Wildman–Crippen LogP) is 4.46. The van der Waals surface area contributed by atoms with Crippen LogP contribution in [0.15, 0.2) is 52.5 Å². The van der Waals surface area contributed by atoms with Gasteiger partial charge in [-0.05, 0) is 50.5 Å². The fourth-order valence-electron chi connectivity index (χ4n) is 3.10. The molecule has 0 spiro atoms. The van der Waals surface area contributed by atoms with Crippen LogP contribution in [-0.4, -0.2) is 34.7 Å². The molecule has 0 aliphatic rings. The number of nitrogens with zero attached hydrogens (tertiary/aromatic N) is 3. The quantitative estimate of drug-likeness (QED) is 0.533. The molecule has 1 aromatic heterocycles. The van der Waals surface area contributed by atoms with Crippen LogP contribution in [0.5, 0.6) is 0 Å². The predicted molar refractivity (Wildman–Crippen MR) is 115 cm³/mol. The van der Waals surface area contributed by atoms with Crippen molar-refractivity contribution in [3.05, 3.63) is 59.2 Å². The van der Waals surface area contributed by atoms with Crippen LogP contribution in [0.3, 0.4) is 0 Å². The summed E-state index contributed by atoms with van der Waals surface area (Å²) in [5.74, 6) is 1.32. The first kappa shape index (κ1) is 20.6. The van der Waals surface area contributed by atoms with E-state index in [0.717, 1.165) is 39.8 Å². The Hall–Kier alpha value is -2.12. The molecule has 0 bridgehead atoms. The summed E-state index contributed by atoms with van der Waals surface area (Å²) < 4.78 is 27.6. The van der Waals surface area contributed by atoms with Crippen LogP contribution in [0, 0.1) is 20.8 Å². The lowest BCUT2D eigenvalue weighted by Gasteiger charge is -2.10. The average Bonchev–Trinajstić information content (AvgIpc) is 3.06. The Balaban J connectivity index is 1.77. The molecule has 0 radical (unpaired) electrons. The number of thioether (sulfide) groups is 1. The molecule has 0 aliphatic heterocycles. The number of aryl methyl sites for hydroxylation is 3. The van der Waals surface area contributed by atoms with E-state index in [-0.39, 0.29) is 5.75 Å². The Labute approximate surface area is 171 Å². The second kappa shape index (κ2) is 8.49. The number of hydrogen-bond acceptors (Lipinski definition) is 5. The topological polar surface area (TPSA) is 64.8 Å². The molecule has 2 aromatic carbocycles. The maximum atomic E-state index is 12.8. The Morgan fingerprint density at radius 1 is 1.00 bits per heavy atom. The minimum atomic E-state index is -3.33. The zero-order chi connectivity index (χ0) is 20.3. The van der Waals surface area contributed by atoms with Gasteiger partial charge in [0.25, 0.3) is 0 Å². The van der Waals surface area contributed by atoms with E-state index in [9.17, 15) is 8.42 Å². The molecule has 148 valence electrons. The largest absolute Gasteiger partial charge is 0.302 e. The third-order valence-electron chi connectivity index (χ3n) is 4.68. The molecule has 7 heteroatoms. The third kappa shape index (κ3) is 4.31. The van der Waals surface area contributed by atoms with E-state index in [1.807, 2.05) is 68.7 Å². The Morgan fingerprint density at radius 3 is 2.46 bits per heavy atom. The van der Waals surface area contributed by atoms with E-state index < -0.39 is 9.84 Å². The van der Waals surface area contributed by atoms with Crippen molar-refractivity contribution in [2.75, 3.05) is 11.5 Å². The summed E-state index contributed by atoms with van der Waals surface area (Å²) in [6.45, 7) is 8.56. The third-order valence-corrected chi connectivity index (χ3v) is 7.76. The fourth-order valence-corrected chi connectivity index (χ4v) is 6.11. The van der Waals surface area contributed by atoms with Crippen LogP contribution in [0.1, 0.15) is 23.6 Å². The minimum Gasteiger partial charge on any atom is -0.302 e. The van der Waals surface area contributed by atoms with Crippen LogP contribution < -0.4 is 0 Å². The fraction of sp³-hybridized carbons (Fsp3) is 0.333. The first-order chi connectivity index (χ1) is 13.3. The number of hydrogen-bond donors (Lipinski definition) is 0. The zero-order valence-electron chi connectivity index (χ0n) is 16.6. The molecule has 0 saturated carbocycles. The molecule has 0 fully saturated rings. The van der Waals surface area contributed by atoms with Crippen molar-refractivity contribution in [2.24, 2.45) is 0 Å². The Morgan fingerprint density at radius 2 is 1.75 bits per heavy atom. The SMILES string of the molecule is CCn1c(SCCS(=O)(=O)c2cc(C)ccc2C)nnc1-c1ccccc1C. The molecule has 28 heavy (non-hydrogen) atoms. The summed E-state index contributed by atoms with van der Waals surface area (Å²) in [7, 11) is -3.33. The second-order valence-electron chi connectivity index (χ2n) is 6.80. The standard InChI is InChI=1S/C21H25N3O2S2/c1-5-24-20(18-9-7-6-8-16(18)3)22-23-21(24)27-12-13-28(25,26)19-14-15(2)10-11-17(19)4/h6-11,14H,5,12-13H2,1-4H3. The van der Waals surface area contributed by atoms with Crippen molar-refractivity contribution in [3.63, 3.8) is 0 Å². The van der Waals surface area contributed by atoms with E-state index in [2.05, 4.69) is 10.2 Å². The van der Waals surface area contributed by atoms with Gasteiger partial charge in [0.15, 0.2) is 20.8 Å². The average molecular weight is 416 g/mol. The molecular formula is C21H25N3O2S2. The van der Waals surface area contributed by atoms with Gasteiger partial charge in [-0.2, -0.15) is 0 Å². The molecule has 0 saturated heterocycles. The van der Waals surface area contributed by atoms with Gasteiger partial charge in [0.2, 0.25) is 0 Å².